The van der Waals surface area contributed by atoms with E-state index in [-0.39, 0.29) is 55.9 Å². The SMILES string of the molecule is COCCCNC(=O)CCC(=O)Nc1cccc2c1CN(C1CCC(=O)N(C)C1=O)C2=O. The van der Waals surface area contributed by atoms with Gasteiger partial charge in [0.2, 0.25) is 17.7 Å². The molecule has 10 nitrogen and oxygen atoms in total. The number of benzene rings is 1. The van der Waals surface area contributed by atoms with Crippen LogP contribution < -0.4 is 10.6 Å². The fraction of sp³-hybridized carbons (Fsp3) is 0.500. The third-order valence-corrected chi connectivity index (χ3v) is 5.69. The number of carbonyl (C=O) groups is 5. The number of carbonyl (C=O) groups excluding carboxylic acids is 5. The van der Waals surface area contributed by atoms with Gasteiger partial charge in [-0.05, 0) is 25.0 Å². The van der Waals surface area contributed by atoms with Crippen LogP contribution in [0, 0.1) is 0 Å². The zero-order valence-corrected chi connectivity index (χ0v) is 18.3. The molecule has 1 aromatic carbocycles. The number of amides is 5. The molecule has 0 spiro atoms. The van der Waals surface area contributed by atoms with E-state index in [2.05, 4.69) is 10.6 Å². The standard InChI is InChI=1S/C22H28N4O6/c1-25-20(29)10-7-17(22(25)31)26-13-15-14(21(26)30)5-3-6-16(15)24-19(28)9-8-18(27)23-11-4-12-32-2/h3,5-6,17H,4,7-13H2,1-2H3,(H,23,27)(H,24,28). The van der Waals surface area contributed by atoms with Crippen molar-refractivity contribution in [2.24, 2.45) is 0 Å². The molecule has 2 heterocycles. The molecule has 1 saturated heterocycles. The van der Waals surface area contributed by atoms with Gasteiger partial charge in [-0.3, -0.25) is 28.9 Å². The zero-order chi connectivity index (χ0) is 23.3. The summed E-state index contributed by atoms with van der Waals surface area (Å²) in [6, 6.07) is 4.30. The van der Waals surface area contributed by atoms with Gasteiger partial charge >= 0.3 is 0 Å². The first-order valence-corrected chi connectivity index (χ1v) is 10.6. The number of likely N-dealkylation sites (N-methyl/N-ethyl adjacent to an activating group) is 1. The first-order chi connectivity index (χ1) is 15.3. The molecule has 0 saturated carbocycles. The Labute approximate surface area is 186 Å². The van der Waals surface area contributed by atoms with Crippen LogP contribution in [0.5, 0.6) is 0 Å². The second-order valence-corrected chi connectivity index (χ2v) is 7.85. The Balaban J connectivity index is 1.60. The number of fused-ring (bicyclic) bond motifs is 1. The van der Waals surface area contributed by atoms with Gasteiger partial charge in [0, 0.05) is 69.9 Å². The van der Waals surface area contributed by atoms with Crippen LogP contribution in [0.1, 0.15) is 48.0 Å². The van der Waals surface area contributed by atoms with Gasteiger partial charge in [0.05, 0.1) is 0 Å². The number of piperidine rings is 1. The van der Waals surface area contributed by atoms with Crippen molar-refractivity contribution in [2.45, 2.75) is 44.7 Å². The minimum atomic E-state index is -0.706. The molecule has 0 bridgehead atoms. The van der Waals surface area contributed by atoms with Crippen molar-refractivity contribution in [3.05, 3.63) is 29.3 Å². The van der Waals surface area contributed by atoms with Crippen LogP contribution in [0.15, 0.2) is 18.2 Å². The van der Waals surface area contributed by atoms with Crippen molar-refractivity contribution < 1.29 is 28.7 Å². The Morgan fingerprint density at radius 1 is 1.16 bits per heavy atom. The Hall–Kier alpha value is -3.27. The summed E-state index contributed by atoms with van der Waals surface area (Å²) in [7, 11) is 3.01. The summed E-state index contributed by atoms with van der Waals surface area (Å²) in [5, 5.41) is 5.50. The lowest BCUT2D eigenvalue weighted by Gasteiger charge is -2.33. The number of rotatable bonds is 9. The first kappa shape index (κ1) is 23.4. The topological polar surface area (TPSA) is 125 Å². The third kappa shape index (κ3) is 5.13. The molecule has 172 valence electrons. The summed E-state index contributed by atoms with van der Waals surface area (Å²) in [6.45, 7) is 1.21. The van der Waals surface area contributed by atoms with Crippen LogP contribution in [0.25, 0.3) is 0 Å². The van der Waals surface area contributed by atoms with Crippen molar-refractivity contribution in [2.75, 3.05) is 32.6 Å². The maximum atomic E-state index is 12.9. The molecule has 0 aromatic heterocycles. The van der Waals surface area contributed by atoms with Crippen LogP contribution in [-0.4, -0.2) is 72.7 Å². The fourth-order valence-corrected chi connectivity index (χ4v) is 3.88. The Morgan fingerprint density at radius 2 is 1.91 bits per heavy atom. The van der Waals surface area contributed by atoms with E-state index in [1.165, 1.54) is 11.9 Å². The summed E-state index contributed by atoms with van der Waals surface area (Å²) in [6.07, 6.45) is 1.23. The van der Waals surface area contributed by atoms with Crippen LogP contribution in [0.3, 0.4) is 0 Å². The van der Waals surface area contributed by atoms with Gasteiger partial charge in [-0.2, -0.15) is 0 Å². The lowest BCUT2D eigenvalue weighted by Crippen LogP contribution is -2.53. The number of methoxy groups -OCH3 is 1. The highest BCUT2D eigenvalue weighted by Crippen LogP contribution is 2.33. The molecule has 0 radical (unpaired) electrons. The van der Waals surface area contributed by atoms with Gasteiger partial charge in [0.15, 0.2) is 0 Å². The molecule has 10 heteroatoms. The number of hydrogen-bond donors (Lipinski definition) is 2. The van der Waals surface area contributed by atoms with E-state index in [1.807, 2.05) is 0 Å². The Kier molecular flexibility index (Phi) is 7.57. The predicted molar refractivity (Wildman–Crippen MR) is 114 cm³/mol. The van der Waals surface area contributed by atoms with Gasteiger partial charge in [-0.1, -0.05) is 6.07 Å². The molecule has 0 aliphatic carbocycles. The van der Waals surface area contributed by atoms with Gasteiger partial charge in [0.1, 0.15) is 6.04 Å². The van der Waals surface area contributed by atoms with E-state index in [9.17, 15) is 24.0 Å². The minimum Gasteiger partial charge on any atom is -0.385 e. The highest BCUT2D eigenvalue weighted by Gasteiger charge is 2.42. The monoisotopic (exact) mass is 444 g/mol. The maximum Gasteiger partial charge on any atom is 0.255 e. The molecule has 1 fully saturated rings. The third-order valence-electron chi connectivity index (χ3n) is 5.69. The van der Waals surface area contributed by atoms with E-state index in [1.54, 1.807) is 25.3 Å². The van der Waals surface area contributed by atoms with Crippen molar-refractivity contribution in [3.8, 4) is 0 Å². The van der Waals surface area contributed by atoms with Gasteiger partial charge in [0.25, 0.3) is 11.8 Å². The quantitative estimate of drug-likeness (QED) is 0.426. The van der Waals surface area contributed by atoms with E-state index >= 15 is 0 Å². The number of hydrogen-bond acceptors (Lipinski definition) is 6. The number of anilines is 1. The van der Waals surface area contributed by atoms with Gasteiger partial charge in [-0.15, -0.1) is 0 Å². The lowest BCUT2D eigenvalue weighted by molar-refractivity contribution is -0.150. The fourth-order valence-electron chi connectivity index (χ4n) is 3.88. The molecular formula is C22H28N4O6. The molecule has 32 heavy (non-hydrogen) atoms. The molecule has 2 aliphatic rings. The molecule has 5 amide bonds. The van der Waals surface area contributed by atoms with E-state index < -0.39 is 11.9 Å². The average molecular weight is 444 g/mol. The maximum absolute atomic E-state index is 12.9. The molecule has 2 aliphatic heterocycles. The predicted octanol–water partition coefficient (Wildman–Crippen LogP) is 0.661. The number of likely N-dealkylation sites (tertiary alicyclic amines) is 1. The molecule has 1 unspecified atom stereocenters. The van der Waals surface area contributed by atoms with E-state index in [4.69, 9.17) is 4.74 Å². The summed E-state index contributed by atoms with van der Waals surface area (Å²) in [5.41, 5.74) is 1.53. The highest BCUT2D eigenvalue weighted by molar-refractivity contribution is 6.06. The number of nitrogens with zero attached hydrogens (tertiary/aromatic N) is 2. The highest BCUT2D eigenvalue weighted by atomic mass is 16.5. The van der Waals surface area contributed by atoms with Crippen LogP contribution in [0.4, 0.5) is 5.69 Å². The first-order valence-electron chi connectivity index (χ1n) is 10.6. The van der Waals surface area contributed by atoms with Crippen LogP contribution >= 0.6 is 0 Å². The van der Waals surface area contributed by atoms with Crippen molar-refractivity contribution in [1.29, 1.82) is 0 Å². The van der Waals surface area contributed by atoms with Crippen molar-refractivity contribution >= 4 is 35.2 Å². The normalized spacial score (nSPS) is 18.1. The number of nitrogens with one attached hydrogen (secondary N) is 2. The Morgan fingerprint density at radius 3 is 2.66 bits per heavy atom. The van der Waals surface area contributed by atoms with Crippen LogP contribution in [0.2, 0.25) is 0 Å². The minimum absolute atomic E-state index is 0.00541. The van der Waals surface area contributed by atoms with E-state index in [0.717, 1.165) is 4.90 Å². The number of imide groups is 1. The zero-order valence-electron chi connectivity index (χ0n) is 18.3. The van der Waals surface area contributed by atoms with Crippen LogP contribution in [-0.2, 0) is 30.5 Å². The molecule has 3 rings (SSSR count). The van der Waals surface area contributed by atoms with Crippen molar-refractivity contribution in [1.82, 2.24) is 15.1 Å². The average Bonchev–Trinajstić information content (AvgIpc) is 3.11. The molecular weight excluding hydrogens is 416 g/mol. The summed E-state index contributed by atoms with van der Waals surface area (Å²) < 4.78 is 4.92. The molecule has 2 N–H and O–H groups in total. The molecule has 1 atom stereocenters. The van der Waals surface area contributed by atoms with Gasteiger partial charge < -0.3 is 20.3 Å². The summed E-state index contributed by atoms with van der Waals surface area (Å²) in [4.78, 5) is 64.0. The molecule has 1 aromatic rings. The van der Waals surface area contributed by atoms with Crippen molar-refractivity contribution in [3.63, 3.8) is 0 Å². The van der Waals surface area contributed by atoms with Gasteiger partial charge in [-0.25, -0.2) is 0 Å². The second-order valence-electron chi connectivity index (χ2n) is 7.85. The smallest absolute Gasteiger partial charge is 0.255 e. The Bertz CT molecular complexity index is 931. The second kappa shape index (κ2) is 10.4. The lowest BCUT2D eigenvalue weighted by atomic mass is 10.0. The largest absolute Gasteiger partial charge is 0.385 e. The van der Waals surface area contributed by atoms with E-state index in [0.29, 0.717) is 36.4 Å². The summed E-state index contributed by atoms with van der Waals surface area (Å²) in [5.74, 6) is -1.51. The summed E-state index contributed by atoms with van der Waals surface area (Å²) >= 11 is 0. The number of ether oxygens (including phenoxy) is 1.